The minimum Gasteiger partial charge on any atom is -0.494 e. The molecule has 0 saturated heterocycles. The second kappa shape index (κ2) is 20.7. The third-order valence-electron chi connectivity index (χ3n) is 10.5. The standard InChI is InChI=1S/C24H23N7O2.C19H18ClN5O2.C5H6N2/c1-31-14-27-24(30-31)16-6-5-7-18(23(16)33-2)28-19-12-21(29-20-8-3-4-11-25-20)26-13-17(19)22(32)15-9-10-15;1-25-10-22-19(24-25)12-4-3-5-14(18(12)27-2)23-15-8-16(20)21-9-13(15)17(26)11-6-7-11;6-5-3-1-2-4-7-5/h3-8,11-15H,9-10H2,1-2H3,(H2,25,26,28,29);3-5,8-11H,6-7H2,1-2H3,(H,21,23);1-4H,(H2,6,7). The van der Waals surface area contributed by atoms with Crippen LogP contribution in [-0.2, 0) is 14.1 Å². The summed E-state index contributed by atoms with van der Waals surface area (Å²) >= 11 is 6.07. The van der Waals surface area contributed by atoms with E-state index in [4.69, 9.17) is 26.8 Å². The fourth-order valence-electron chi connectivity index (χ4n) is 6.91. The summed E-state index contributed by atoms with van der Waals surface area (Å²) in [5.74, 6) is 4.42. The van der Waals surface area contributed by atoms with Crippen LogP contribution in [0.25, 0.3) is 22.8 Å². The number of nitrogens with two attached hydrogens (primary N) is 1. The molecule has 6 heterocycles. The fraction of sp³-hybridized carbons (Fsp3) is 0.208. The Bertz CT molecular complexity index is 2990. The highest BCUT2D eigenvalue weighted by Crippen LogP contribution is 2.41. The molecule has 0 amide bonds. The minimum atomic E-state index is 0.0629. The number of anilines is 7. The average molecular weight is 919 g/mol. The molecule has 0 atom stereocenters. The number of carbonyl (C=O) groups is 2. The summed E-state index contributed by atoms with van der Waals surface area (Å²) < 4.78 is 14.6. The quantitative estimate of drug-likeness (QED) is 0.0590. The Morgan fingerprint density at radius 3 is 1.55 bits per heavy atom. The Balaban J connectivity index is 0.000000161. The molecule has 0 aliphatic heterocycles. The lowest BCUT2D eigenvalue weighted by Gasteiger charge is -2.17. The summed E-state index contributed by atoms with van der Waals surface area (Å²) in [6.45, 7) is 0. The third kappa shape index (κ3) is 11.4. The van der Waals surface area contributed by atoms with Crippen LogP contribution in [0.15, 0.2) is 122 Å². The number of nitrogen functional groups attached to an aromatic ring is 1. The molecule has 340 valence electrons. The number of hydrogen-bond acceptors (Lipinski definition) is 16. The largest absolute Gasteiger partial charge is 0.494 e. The molecule has 67 heavy (non-hydrogen) atoms. The van der Waals surface area contributed by atoms with Crippen molar-refractivity contribution in [3.63, 3.8) is 0 Å². The van der Waals surface area contributed by atoms with E-state index >= 15 is 0 Å². The number of carbonyl (C=O) groups excluding carboxylic acids is 2. The first-order chi connectivity index (χ1) is 32.6. The van der Waals surface area contributed by atoms with Gasteiger partial charge in [0.15, 0.2) is 34.7 Å². The molecule has 18 nitrogen and oxygen atoms in total. The first-order valence-electron chi connectivity index (χ1n) is 21.3. The summed E-state index contributed by atoms with van der Waals surface area (Å²) in [5, 5.41) is 18.9. The number of pyridine rings is 4. The van der Waals surface area contributed by atoms with E-state index in [1.807, 2.05) is 79.8 Å². The molecular formula is C48H47ClN14O4. The van der Waals surface area contributed by atoms with Gasteiger partial charge in [0.25, 0.3) is 0 Å². The SMILES string of the molecule is COc1c(Nc2cc(Cl)ncc2C(=O)C2CC2)cccc1-c1ncn(C)n1.COc1c(Nc2cc(Nc3ccccn3)ncc2C(=O)C2CC2)cccc1-c1ncn(C)n1.Nc1ccccn1. The average Bonchev–Trinajstić information content (AvgIpc) is 4.28. The smallest absolute Gasteiger partial charge is 0.184 e. The van der Waals surface area contributed by atoms with Crippen LogP contribution < -0.4 is 31.2 Å². The van der Waals surface area contributed by atoms with Crippen molar-refractivity contribution in [3.8, 4) is 34.3 Å². The van der Waals surface area contributed by atoms with Crippen LogP contribution in [0.2, 0.25) is 5.15 Å². The zero-order chi connectivity index (χ0) is 46.9. The number of para-hydroxylation sites is 2. The molecule has 19 heteroatoms. The number of aromatic nitrogens is 10. The number of ether oxygens (including phenoxy) is 2. The van der Waals surface area contributed by atoms with Gasteiger partial charge in [0, 0.05) is 56.8 Å². The second-order valence-corrected chi connectivity index (χ2v) is 15.9. The topological polar surface area (TPSA) is 228 Å². The van der Waals surface area contributed by atoms with Gasteiger partial charge in [0.2, 0.25) is 0 Å². The van der Waals surface area contributed by atoms with E-state index in [0.717, 1.165) is 36.8 Å². The minimum absolute atomic E-state index is 0.0629. The molecule has 2 saturated carbocycles. The molecule has 0 spiro atoms. The highest BCUT2D eigenvalue weighted by Gasteiger charge is 2.33. The Labute approximate surface area is 391 Å². The molecule has 2 aliphatic rings. The number of ketones is 2. The van der Waals surface area contributed by atoms with E-state index in [2.05, 4.69) is 56.1 Å². The monoisotopic (exact) mass is 918 g/mol. The Hall–Kier alpha value is -8.25. The summed E-state index contributed by atoms with van der Waals surface area (Å²) in [6, 6.07) is 25.8. The molecule has 0 unspecified atom stereocenters. The zero-order valence-corrected chi connectivity index (χ0v) is 37.8. The molecule has 10 rings (SSSR count). The number of nitrogens with one attached hydrogen (secondary N) is 3. The van der Waals surface area contributed by atoms with E-state index < -0.39 is 0 Å². The summed E-state index contributed by atoms with van der Waals surface area (Å²) in [4.78, 5) is 50.8. The number of nitrogens with zero attached hydrogens (tertiary/aromatic N) is 10. The van der Waals surface area contributed by atoms with Gasteiger partial charge in [0.05, 0.1) is 59.2 Å². The van der Waals surface area contributed by atoms with Gasteiger partial charge in [-0.05, 0) is 80.3 Å². The Kier molecular flexibility index (Phi) is 14.0. The maximum atomic E-state index is 13.0. The summed E-state index contributed by atoms with van der Waals surface area (Å²) in [5.41, 5.74) is 10.5. The van der Waals surface area contributed by atoms with Crippen molar-refractivity contribution in [2.45, 2.75) is 25.7 Å². The van der Waals surface area contributed by atoms with Gasteiger partial charge in [-0.3, -0.25) is 19.0 Å². The van der Waals surface area contributed by atoms with E-state index in [9.17, 15) is 9.59 Å². The number of aryl methyl sites for hydroxylation is 2. The van der Waals surface area contributed by atoms with Gasteiger partial charge < -0.3 is 31.2 Å². The van der Waals surface area contributed by atoms with E-state index in [0.29, 0.717) is 79.6 Å². The number of halogens is 1. The van der Waals surface area contributed by atoms with Crippen molar-refractivity contribution in [2.24, 2.45) is 25.9 Å². The van der Waals surface area contributed by atoms with E-state index in [1.54, 1.807) is 74.0 Å². The lowest BCUT2D eigenvalue weighted by molar-refractivity contribution is 0.0960. The van der Waals surface area contributed by atoms with Crippen LogP contribution >= 0.6 is 11.6 Å². The zero-order valence-electron chi connectivity index (χ0n) is 37.1. The van der Waals surface area contributed by atoms with Gasteiger partial charge in [-0.2, -0.15) is 10.2 Å². The van der Waals surface area contributed by atoms with Crippen molar-refractivity contribution in [2.75, 3.05) is 35.9 Å². The molecule has 5 N–H and O–H groups in total. The van der Waals surface area contributed by atoms with Crippen molar-refractivity contribution in [3.05, 3.63) is 139 Å². The Morgan fingerprint density at radius 1 is 0.597 bits per heavy atom. The molecule has 2 aliphatic carbocycles. The molecule has 0 radical (unpaired) electrons. The maximum absolute atomic E-state index is 13.0. The van der Waals surface area contributed by atoms with Crippen LogP contribution in [0.1, 0.15) is 46.4 Å². The highest BCUT2D eigenvalue weighted by molar-refractivity contribution is 6.30. The first kappa shape index (κ1) is 45.3. The molecule has 2 fully saturated rings. The van der Waals surface area contributed by atoms with Gasteiger partial charge in [0.1, 0.15) is 35.3 Å². The van der Waals surface area contributed by atoms with Crippen LogP contribution in [0.4, 0.5) is 40.2 Å². The molecule has 0 bridgehead atoms. The lowest BCUT2D eigenvalue weighted by atomic mass is 10.1. The number of Topliss-reactive ketones (excluding diaryl/α,β-unsaturated/α-hetero) is 2. The fourth-order valence-corrected chi connectivity index (χ4v) is 7.06. The summed E-state index contributed by atoms with van der Waals surface area (Å²) in [7, 11) is 6.81. The van der Waals surface area contributed by atoms with Gasteiger partial charge in [-0.1, -0.05) is 35.9 Å². The maximum Gasteiger partial charge on any atom is 0.184 e. The molecular weight excluding hydrogens is 872 g/mol. The lowest BCUT2D eigenvalue weighted by Crippen LogP contribution is -2.08. The summed E-state index contributed by atoms with van der Waals surface area (Å²) in [6.07, 6.45) is 13.4. The van der Waals surface area contributed by atoms with Crippen molar-refractivity contribution >= 4 is 63.4 Å². The van der Waals surface area contributed by atoms with Crippen molar-refractivity contribution in [1.29, 1.82) is 0 Å². The third-order valence-corrected chi connectivity index (χ3v) is 10.7. The Morgan fingerprint density at radius 2 is 1.12 bits per heavy atom. The normalized spacial score (nSPS) is 12.7. The van der Waals surface area contributed by atoms with E-state index in [1.165, 1.54) is 6.20 Å². The predicted molar refractivity (Wildman–Crippen MR) is 256 cm³/mol. The van der Waals surface area contributed by atoms with Gasteiger partial charge in [-0.25, -0.2) is 29.9 Å². The second-order valence-electron chi connectivity index (χ2n) is 15.5. The van der Waals surface area contributed by atoms with E-state index in [-0.39, 0.29) is 23.4 Å². The van der Waals surface area contributed by atoms with Crippen molar-refractivity contribution < 1.29 is 19.1 Å². The number of rotatable bonds is 14. The molecule has 6 aromatic heterocycles. The number of methoxy groups -OCH3 is 2. The van der Waals surface area contributed by atoms with Crippen LogP contribution in [-0.4, -0.2) is 75.3 Å². The van der Waals surface area contributed by atoms with Crippen molar-refractivity contribution in [1.82, 2.24) is 49.5 Å². The van der Waals surface area contributed by atoms with Gasteiger partial charge >= 0.3 is 0 Å². The molecule has 2 aromatic carbocycles. The van der Waals surface area contributed by atoms with Gasteiger partial charge in [-0.15, -0.1) is 0 Å². The highest BCUT2D eigenvalue weighted by atomic mass is 35.5. The van der Waals surface area contributed by atoms with Crippen LogP contribution in [0.5, 0.6) is 11.5 Å². The van der Waals surface area contributed by atoms with Crippen LogP contribution in [0.3, 0.4) is 0 Å². The number of benzene rings is 2. The van der Waals surface area contributed by atoms with Crippen LogP contribution in [0, 0.1) is 11.8 Å². The molecule has 8 aromatic rings. The number of hydrogen-bond donors (Lipinski definition) is 4. The first-order valence-corrected chi connectivity index (χ1v) is 21.6. The predicted octanol–water partition coefficient (Wildman–Crippen LogP) is 8.90.